The third-order valence-electron chi connectivity index (χ3n) is 6.38. The second-order valence-electron chi connectivity index (χ2n) is 8.27. The van der Waals surface area contributed by atoms with Crippen LogP contribution < -0.4 is 9.64 Å². The van der Waals surface area contributed by atoms with Gasteiger partial charge < -0.3 is 19.5 Å². The molecule has 1 aromatic carbocycles. The second-order valence-corrected chi connectivity index (χ2v) is 8.27. The summed E-state index contributed by atoms with van der Waals surface area (Å²) in [6.07, 6.45) is 7.32. The van der Waals surface area contributed by atoms with E-state index in [9.17, 15) is 9.18 Å². The van der Waals surface area contributed by atoms with Crippen LogP contribution in [0.4, 0.5) is 10.1 Å². The zero-order valence-corrected chi connectivity index (χ0v) is 15.7. The van der Waals surface area contributed by atoms with Crippen LogP contribution in [0.1, 0.15) is 51.4 Å². The molecule has 5 nitrogen and oxygen atoms in total. The van der Waals surface area contributed by atoms with E-state index in [1.165, 1.54) is 12.5 Å². The number of hydrogen-bond acceptors (Lipinski definition) is 4. The van der Waals surface area contributed by atoms with Crippen LogP contribution in [0.25, 0.3) is 0 Å². The average Bonchev–Trinajstić information content (AvgIpc) is 2.62. The largest absolute Gasteiger partial charge is 0.490 e. The molecule has 1 spiro atoms. The van der Waals surface area contributed by atoms with Crippen LogP contribution in [0, 0.1) is 11.7 Å². The van der Waals surface area contributed by atoms with Crippen LogP contribution in [-0.4, -0.2) is 42.5 Å². The van der Waals surface area contributed by atoms with Crippen molar-refractivity contribution < 1.29 is 23.8 Å². The Bertz CT molecular complexity index is 673. The highest BCUT2D eigenvalue weighted by atomic mass is 19.1. The van der Waals surface area contributed by atoms with Gasteiger partial charge in [0.2, 0.25) is 0 Å². The minimum absolute atomic E-state index is 0.115. The number of rotatable bonds is 5. The van der Waals surface area contributed by atoms with Gasteiger partial charge in [-0.2, -0.15) is 0 Å². The summed E-state index contributed by atoms with van der Waals surface area (Å²) in [5, 5.41) is 8.94. The SMILES string of the molecule is O=C(O)C[C@@H]1CCC2(CCN(c3cc(OC4CCC4)ccc3F)CC2)OC1. The van der Waals surface area contributed by atoms with Crippen molar-refractivity contribution in [3.05, 3.63) is 24.0 Å². The molecule has 2 aliphatic heterocycles. The van der Waals surface area contributed by atoms with Gasteiger partial charge in [0.25, 0.3) is 0 Å². The molecular formula is C21H28FNO4. The van der Waals surface area contributed by atoms with Gasteiger partial charge in [-0.15, -0.1) is 0 Å². The summed E-state index contributed by atoms with van der Waals surface area (Å²) in [4.78, 5) is 13.0. The molecule has 0 bridgehead atoms. The van der Waals surface area contributed by atoms with E-state index in [4.69, 9.17) is 14.6 Å². The molecule has 2 saturated heterocycles. The number of benzene rings is 1. The van der Waals surface area contributed by atoms with Crippen LogP contribution in [0.3, 0.4) is 0 Å². The van der Waals surface area contributed by atoms with Gasteiger partial charge in [0, 0.05) is 19.2 Å². The van der Waals surface area contributed by atoms with Crippen molar-refractivity contribution in [2.45, 2.75) is 63.1 Å². The fraction of sp³-hybridized carbons (Fsp3) is 0.667. The summed E-state index contributed by atoms with van der Waals surface area (Å²) in [6, 6.07) is 5.05. The predicted molar refractivity (Wildman–Crippen MR) is 99.8 cm³/mol. The molecule has 0 amide bonds. The zero-order valence-electron chi connectivity index (χ0n) is 15.7. The van der Waals surface area contributed by atoms with Gasteiger partial charge in [0.15, 0.2) is 0 Å². The normalized spacial score (nSPS) is 25.2. The highest BCUT2D eigenvalue weighted by Crippen LogP contribution is 2.39. The monoisotopic (exact) mass is 377 g/mol. The van der Waals surface area contributed by atoms with Crippen molar-refractivity contribution in [1.82, 2.24) is 0 Å². The van der Waals surface area contributed by atoms with Crippen LogP contribution in [0.15, 0.2) is 18.2 Å². The van der Waals surface area contributed by atoms with Gasteiger partial charge in [-0.05, 0) is 63.0 Å². The Labute approximate surface area is 159 Å². The first-order chi connectivity index (χ1) is 13.0. The van der Waals surface area contributed by atoms with E-state index < -0.39 is 5.97 Å². The Morgan fingerprint density at radius 3 is 2.63 bits per heavy atom. The van der Waals surface area contributed by atoms with E-state index in [2.05, 4.69) is 4.90 Å². The van der Waals surface area contributed by atoms with E-state index >= 15 is 0 Å². The summed E-state index contributed by atoms with van der Waals surface area (Å²) < 4.78 is 26.5. The molecule has 3 fully saturated rings. The lowest BCUT2D eigenvalue weighted by atomic mass is 9.81. The van der Waals surface area contributed by atoms with E-state index in [1.54, 1.807) is 6.07 Å². The van der Waals surface area contributed by atoms with Gasteiger partial charge in [0.1, 0.15) is 11.6 Å². The molecule has 6 heteroatoms. The van der Waals surface area contributed by atoms with Gasteiger partial charge in [-0.1, -0.05) is 0 Å². The second kappa shape index (κ2) is 7.66. The average molecular weight is 377 g/mol. The van der Waals surface area contributed by atoms with E-state index in [0.29, 0.717) is 12.3 Å². The van der Waals surface area contributed by atoms with Crippen molar-refractivity contribution >= 4 is 11.7 Å². The molecule has 4 rings (SSSR count). The first-order valence-corrected chi connectivity index (χ1v) is 10.1. The molecule has 2 heterocycles. The zero-order chi connectivity index (χ0) is 18.9. The molecule has 148 valence electrons. The minimum Gasteiger partial charge on any atom is -0.490 e. The lowest BCUT2D eigenvalue weighted by Crippen LogP contribution is -2.49. The smallest absolute Gasteiger partial charge is 0.303 e. The summed E-state index contributed by atoms with van der Waals surface area (Å²) in [7, 11) is 0. The Kier molecular flexibility index (Phi) is 5.26. The topological polar surface area (TPSA) is 59.0 Å². The molecule has 1 aliphatic carbocycles. The first kappa shape index (κ1) is 18.5. The number of ether oxygens (including phenoxy) is 2. The lowest BCUT2D eigenvalue weighted by molar-refractivity contribution is -0.145. The molecule has 1 saturated carbocycles. The molecule has 3 aliphatic rings. The van der Waals surface area contributed by atoms with Crippen molar-refractivity contribution in [2.24, 2.45) is 5.92 Å². The van der Waals surface area contributed by atoms with Crippen LogP contribution >= 0.6 is 0 Å². The van der Waals surface area contributed by atoms with Crippen LogP contribution in [-0.2, 0) is 9.53 Å². The standard InChI is InChI=1S/C21H28FNO4/c22-18-5-4-17(27-16-2-1-3-16)13-19(18)23-10-8-21(9-11-23)7-6-15(14-26-21)12-20(24)25/h4-5,13,15-16H,1-3,6-12,14H2,(H,24,25)/t15-/m0/s1. The summed E-state index contributed by atoms with van der Waals surface area (Å²) >= 11 is 0. The van der Waals surface area contributed by atoms with Gasteiger partial charge in [-0.25, -0.2) is 4.39 Å². The molecular weight excluding hydrogens is 349 g/mol. The first-order valence-electron chi connectivity index (χ1n) is 10.1. The molecule has 0 radical (unpaired) electrons. The number of hydrogen-bond donors (Lipinski definition) is 1. The summed E-state index contributed by atoms with van der Waals surface area (Å²) in [5.74, 6) is -0.0995. The van der Waals surface area contributed by atoms with Crippen molar-refractivity contribution in [3.8, 4) is 5.75 Å². The third-order valence-corrected chi connectivity index (χ3v) is 6.38. The minimum atomic E-state index is -0.756. The third kappa shape index (κ3) is 4.21. The lowest BCUT2D eigenvalue weighted by Gasteiger charge is -2.46. The van der Waals surface area contributed by atoms with Gasteiger partial charge in [0.05, 0.1) is 30.4 Å². The van der Waals surface area contributed by atoms with Gasteiger partial charge >= 0.3 is 5.97 Å². The number of aliphatic carboxylic acids is 1. The van der Waals surface area contributed by atoms with Crippen LogP contribution in [0.2, 0.25) is 0 Å². The highest BCUT2D eigenvalue weighted by Gasteiger charge is 2.40. The molecule has 0 unspecified atom stereocenters. The van der Waals surface area contributed by atoms with Crippen molar-refractivity contribution in [2.75, 3.05) is 24.6 Å². The summed E-state index contributed by atoms with van der Waals surface area (Å²) in [6.45, 7) is 2.01. The number of nitrogens with zero attached hydrogens (tertiary/aromatic N) is 1. The molecule has 1 aromatic rings. The number of piperidine rings is 1. The maximum atomic E-state index is 14.4. The van der Waals surface area contributed by atoms with E-state index in [1.807, 2.05) is 6.07 Å². The molecule has 0 aromatic heterocycles. The Hall–Kier alpha value is -1.82. The van der Waals surface area contributed by atoms with Crippen molar-refractivity contribution in [1.29, 1.82) is 0 Å². The molecule has 1 N–H and O–H groups in total. The number of halogens is 1. The maximum absolute atomic E-state index is 14.4. The Morgan fingerprint density at radius 2 is 2.04 bits per heavy atom. The molecule has 27 heavy (non-hydrogen) atoms. The number of carbonyl (C=O) groups is 1. The summed E-state index contributed by atoms with van der Waals surface area (Å²) in [5.41, 5.74) is 0.448. The van der Waals surface area contributed by atoms with E-state index in [0.717, 1.165) is 57.4 Å². The fourth-order valence-corrected chi connectivity index (χ4v) is 4.36. The van der Waals surface area contributed by atoms with Gasteiger partial charge in [-0.3, -0.25) is 4.79 Å². The predicted octanol–water partition coefficient (Wildman–Crippen LogP) is 4.00. The number of anilines is 1. The highest BCUT2D eigenvalue weighted by molar-refractivity contribution is 5.67. The number of carboxylic acid groups (broad SMARTS) is 1. The quantitative estimate of drug-likeness (QED) is 0.841. The maximum Gasteiger partial charge on any atom is 0.303 e. The Balaban J connectivity index is 1.35. The Morgan fingerprint density at radius 1 is 1.26 bits per heavy atom. The van der Waals surface area contributed by atoms with E-state index in [-0.39, 0.29) is 29.9 Å². The fourth-order valence-electron chi connectivity index (χ4n) is 4.36. The molecule has 1 atom stereocenters. The number of carboxylic acids is 1. The van der Waals surface area contributed by atoms with Crippen LogP contribution in [0.5, 0.6) is 5.75 Å². The van der Waals surface area contributed by atoms with Crippen molar-refractivity contribution in [3.63, 3.8) is 0 Å².